The monoisotopic (exact) mass is 235 g/mol. The van der Waals surface area contributed by atoms with Gasteiger partial charge in [0.1, 0.15) is 5.82 Å². The lowest BCUT2D eigenvalue weighted by molar-refractivity contribution is 0.0787. The number of hydrogen-bond donors (Lipinski definition) is 2. The molecule has 1 saturated heterocycles. The predicted octanol–water partition coefficient (Wildman–Crippen LogP) is 1.47. The highest BCUT2D eigenvalue weighted by molar-refractivity contribution is 5.34. The van der Waals surface area contributed by atoms with Crippen molar-refractivity contribution in [2.24, 2.45) is 0 Å². The molecular weight excluding hydrogens is 214 g/mol. The van der Waals surface area contributed by atoms with Crippen LogP contribution in [0.5, 0.6) is 0 Å². The topological polar surface area (TPSA) is 48.4 Å². The van der Waals surface area contributed by atoms with Crippen LogP contribution in [0, 0.1) is 0 Å². The lowest BCUT2D eigenvalue weighted by Gasteiger charge is -2.29. The first-order valence-electron chi connectivity index (χ1n) is 6.38. The quantitative estimate of drug-likeness (QED) is 0.829. The zero-order valence-electron chi connectivity index (χ0n) is 10.4. The van der Waals surface area contributed by atoms with E-state index in [9.17, 15) is 5.11 Å². The molecule has 0 aliphatic carbocycles. The molecule has 0 bridgehead atoms. The summed E-state index contributed by atoms with van der Waals surface area (Å²) < 4.78 is 0. The molecule has 2 N–H and O–H groups in total. The van der Waals surface area contributed by atoms with Gasteiger partial charge in [-0.2, -0.15) is 0 Å². The Balaban J connectivity index is 1.91. The van der Waals surface area contributed by atoms with Gasteiger partial charge in [-0.3, -0.25) is 4.90 Å². The number of nitrogens with zero attached hydrogens (tertiary/aromatic N) is 2. The Labute approximate surface area is 103 Å². The maximum absolute atomic E-state index is 9.45. The number of likely N-dealkylation sites (tertiary alicyclic amines) is 1. The number of aliphatic hydroxyl groups excluding tert-OH is 1. The summed E-state index contributed by atoms with van der Waals surface area (Å²) >= 11 is 0. The van der Waals surface area contributed by atoms with E-state index in [0.717, 1.165) is 50.5 Å². The van der Waals surface area contributed by atoms with Gasteiger partial charge in [-0.1, -0.05) is 6.07 Å². The smallest absolute Gasteiger partial charge is 0.126 e. The van der Waals surface area contributed by atoms with E-state index >= 15 is 0 Å². The first-order chi connectivity index (χ1) is 8.28. The van der Waals surface area contributed by atoms with Crippen LogP contribution in [0.3, 0.4) is 0 Å². The maximum atomic E-state index is 9.45. The van der Waals surface area contributed by atoms with Crippen molar-refractivity contribution in [3.8, 4) is 0 Å². The first-order valence-corrected chi connectivity index (χ1v) is 6.38. The molecule has 2 rings (SSSR count). The van der Waals surface area contributed by atoms with Crippen LogP contribution in [-0.2, 0) is 6.54 Å². The third-order valence-electron chi connectivity index (χ3n) is 3.11. The van der Waals surface area contributed by atoms with Crippen molar-refractivity contribution in [1.82, 2.24) is 9.88 Å². The van der Waals surface area contributed by atoms with Crippen molar-refractivity contribution in [2.45, 2.75) is 32.4 Å². The summed E-state index contributed by atoms with van der Waals surface area (Å²) in [5.74, 6) is 0.946. The summed E-state index contributed by atoms with van der Waals surface area (Å²) in [6.45, 7) is 5.78. The highest BCUT2D eigenvalue weighted by atomic mass is 16.3. The third-order valence-corrected chi connectivity index (χ3v) is 3.11. The number of hydrogen-bond acceptors (Lipinski definition) is 4. The van der Waals surface area contributed by atoms with Gasteiger partial charge in [-0.05, 0) is 31.9 Å². The average Bonchev–Trinajstić information content (AvgIpc) is 2.33. The van der Waals surface area contributed by atoms with E-state index in [1.165, 1.54) is 0 Å². The number of rotatable bonds is 4. The summed E-state index contributed by atoms with van der Waals surface area (Å²) in [6.07, 6.45) is 1.66. The van der Waals surface area contributed by atoms with Gasteiger partial charge in [0, 0.05) is 26.2 Å². The largest absolute Gasteiger partial charge is 0.393 e. The molecule has 1 aliphatic rings. The molecule has 1 aromatic heterocycles. The van der Waals surface area contributed by atoms with Crippen molar-refractivity contribution in [1.29, 1.82) is 0 Å². The van der Waals surface area contributed by atoms with E-state index < -0.39 is 0 Å². The first kappa shape index (κ1) is 12.3. The summed E-state index contributed by atoms with van der Waals surface area (Å²) in [7, 11) is 0. The summed E-state index contributed by atoms with van der Waals surface area (Å²) in [5.41, 5.74) is 1.10. The Bertz CT molecular complexity index is 348. The lowest BCUT2D eigenvalue weighted by atomic mass is 10.1. The Morgan fingerprint density at radius 1 is 1.41 bits per heavy atom. The second-order valence-electron chi connectivity index (χ2n) is 4.55. The third kappa shape index (κ3) is 3.68. The highest BCUT2D eigenvalue weighted by Crippen LogP contribution is 2.13. The van der Waals surface area contributed by atoms with Crippen molar-refractivity contribution in [3.63, 3.8) is 0 Å². The predicted molar refractivity (Wildman–Crippen MR) is 68.9 cm³/mol. The molecule has 0 aromatic carbocycles. The standard InChI is InChI=1S/C13H21N3O/c1-2-14-13-5-3-4-11(15-13)10-16-8-6-12(17)7-9-16/h3-5,12,17H,2,6-10H2,1H3,(H,14,15). The van der Waals surface area contributed by atoms with Gasteiger partial charge in [0.15, 0.2) is 0 Å². The second kappa shape index (κ2) is 5.98. The van der Waals surface area contributed by atoms with Crippen LogP contribution in [0.2, 0.25) is 0 Å². The molecule has 1 fully saturated rings. The number of pyridine rings is 1. The Kier molecular flexibility index (Phi) is 4.34. The number of nitrogens with one attached hydrogen (secondary N) is 1. The van der Waals surface area contributed by atoms with Crippen LogP contribution >= 0.6 is 0 Å². The molecule has 0 amide bonds. The fourth-order valence-electron chi connectivity index (χ4n) is 2.15. The highest BCUT2D eigenvalue weighted by Gasteiger charge is 2.17. The van der Waals surface area contributed by atoms with E-state index in [-0.39, 0.29) is 6.10 Å². The maximum Gasteiger partial charge on any atom is 0.126 e. The molecule has 1 aliphatic heterocycles. The van der Waals surface area contributed by atoms with E-state index in [1.54, 1.807) is 0 Å². The number of anilines is 1. The van der Waals surface area contributed by atoms with Crippen molar-refractivity contribution in [3.05, 3.63) is 23.9 Å². The van der Waals surface area contributed by atoms with Crippen LogP contribution in [0.1, 0.15) is 25.5 Å². The van der Waals surface area contributed by atoms with Gasteiger partial charge in [0.2, 0.25) is 0 Å². The van der Waals surface area contributed by atoms with Gasteiger partial charge in [0.05, 0.1) is 11.8 Å². The SMILES string of the molecule is CCNc1cccc(CN2CCC(O)CC2)n1. The fraction of sp³-hybridized carbons (Fsp3) is 0.615. The normalized spacial score (nSPS) is 18.2. The summed E-state index contributed by atoms with van der Waals surface area (Å²) in [6, 6.07) is 6.10. The van der Waals surface area contributed by atoms with Crippen LogP contribution < -0.4 is 5.32 Å². The van der Waals surface area contributed by atoms with Crippen molar-refractivity contribution in [2.75, 3.05) is 25.0 Å². The van der Waals surface area contributed by atoms with Gasteiger partial charge in [-0.25, -0.2) is 4.98 Å². The molecule has 4 nitrogen and oxygen atoms in total. The zero-order valence-corrected chi connectivity index (χ0v) is 10.4. The number of piperidine rings is 1. The van der Waals surface area contributed by atoms with E-state index in [4.69, 9.17) is 0 Å². The minimum atomic E-state index is -0.104. The molecule has 0 unspecified atom stereocenters. The number of aromatic nitrogens is 1. The van der Waals surface area contributed by atoms with E-state index in [1.807, 2.05) is 12.1 Å². The Hall–Kier alpha value is -1.13. The van der Waals surface area contributed by atoms with Crippen LogP contribution in [-0.4, -0.2) is 40.7 Å². The van der Waals surface area contributed by atoms with E-state index in [0.29, 0.717) is 0 Å². The average molecular weight is 235 g/mol. The minimum absolute atomic E-state index is 0.104. The number of aliphatic hydroxyl groups is 1. The van der Waals surface area contributed by atoms with Gasteiger partial charge in [-0.15, -0.1) is 0 Å². The molecule has 1 aromatic rings. The molecule has 0 spiro atoms. The zero-order chi connectivity index (χ0) is 12.1. The Morgan fingerprint density at radius 3 is 2.88 bits per heavy atom. The molecular formula is C13H21N3O. The minimum Gasteiger partial charge on any atom is -0.393 e. The van der Waals surface area contributed by atoms with Crippen LogP contribution in [0.4, 0.5) is 5.82 Å². The molecule has 17 heavy (non-hydrogen) atoms. The molecule has 94 valence electrons. The molecule has 4 heteroatoms. The lowest BCUT2D eigenvalue weighted by Crippen LogP contribution is -2.35. The molecule has 0 radical (unpaired) electrons. The van der Waals surface area contributed by atoms with Crippen LogP contribution in [0.25, 0.3) is 0 Å². The molecule has 0 saturated carbocycles. The molecule has 0 atom stereocenters. The second-order valence-corrected chi connectivity index (χ2v) is 4.55. The van der Waals surface area contributed by atoms with Crippen molar-refractivity contribution >= 4 is 5.82 Å². The van der Waals surface area contributed by atoms with Crippen molar-refractivity contribution < 1.29 is 5.11 Å². The molecule has 2 heterocycles. The van der Waals surface area contributed by atoms with E-state index in [2.05, 4.69) is 28.2 Å². The van der Waals surface area contributed by atoms with Gasteiger partial charge in [0.25, 0.3) is 0 Å². The summed E-state index contributed by atoms with van der Waals surface area (Å²) in [5, 5.41) is 12.7. The summed E-state index contributed by atoms with van der Waals surface area (Å²) in [4.78, 5) is 6.91. The Morgan fingerprint density at radius 2 is 2.18 bits per heavy atom. The fourth-order valence-corrected chi connectivity index (χ4v) is 2.15. The van der Waals surface area contributed by atoms with Crippen LogP contribution in [0.15, 0.2) is 18.2 Å². The van der Waals surface area contributed by atoms with Gasteiger partial charge < -0.3 is 10.4 Å². The van der Waals surface area contributed by atoms with Gasteiger partial charge >= 0.3 is 0 Å².